The number of aromatic nitrogens is 6. The van der Waals surface area contributed by atoms with E-state index in [1.54, 1.807) is 30.9 Å². The number of fused-ring (bicyclic) bond motifs is 2. The maximum atomic E-state index is 13.7. The van der Waals surface area contributed by atoms with Gasteiger partial charge in [-0.3, -0.25) is 20.1 Å². The number of nitrogens with zero attached hydrogens (tertiary/aromatic N) is 4. The number of aromatic amines is 2. The molecule has 0 atom stereocenters. The smallest absolute Gasteiger partial charge is 0.177 e. The Morgan fingerprint density at radius 2 is 1.81 bits per heavy atom. The molecule has 0 spiro atoms. The Kier molecular flexibility index (Phi) is 5.40. The largest absolute Gasteiger partial charge is 0.489 e. The third kappa shape index (κ3) is 4.13. The molecular formula is C27H22FN7OS. The molecule has 6 aromatic rings. The van der Waals surface area contributed by atoms with Gasteiger partial charge < -0.3 is 15.0 Å². The summed E-state index contributed by atoms with van der Waals surface area (Å²) >= 11 is 1.08. The van der Waals surface area contributed by atoms with Gasteiger partial charge in [0.15, 0.2) is 5.13 Å². The minimum Gasteiger partial charge on any atom is -0.489 e. The average molecular weight is 512 g/mol. The molecule has 0 aromatic carbocycles. The Morgan fingerprint density at radius 1 is 0.919 bits per heavy atom. The molecule has 184 valence electrons. The number of nitrogens with one attached hydrogen (secondary N) is 3. The highest BCUT2D eigenvalue weighted by atomic mass is 32.1. The summed E-state index contributed by atoms with van der Waals surface area (Å²) in [4.78, 5) is 17.8. The van der Waals surface area contributed by atoms with Gasteiger partial charge in [-0.1, -0.05) is 0 Å². The van der Waals surface area contributed by atoms with Crippen LogP contribution in [0.5, 0.6) is 5.75 Å². The van der Waals surface area contributed by atoms with Crippen molar-refractivity contribution >= 4 is 33.1 Å². The van der Waals surface area contributed by atoms with Crippen LogP contribution in [0, 0.1) is 5.13 Å². The molecule has 37 heavy (non-hydrogen) atoms. The Bertz CT molecular complexity index is 1730. The minimum atomic E-state index is -0.234. The summed E-state index contributed by atoms with van der Waals surface area (Å²) in [5.74, 6) is 0.749. The molecule has 7 rings (SSSR count). The van der Waals surface area contributed by atoms with Gasteiger partial charge in [-0.05, 0) is 62.3 Å². The fourth-order valence-corrected chi connectivity index (χ4v) is 5.57. The van der Waals surface area contributed by atoms with Gasteiger partial charge in [-0.15, -0.1) is 11.3 Å². The fourth-order valence-electron chi connectivity index (χ4n) is 4.83. The van der Waals surface area contributed by atoms with Crippen molar-refractivity contribution in [2.45, 2.75) is 18.9 Å². The van der Waals surface area contributed by atoms with Gasteiger partial charge in [-0.25, -0.2) is 0 Å². The molecule has 0 aliphatic carbocycles. The summed E-state index contributed by atoms with van der Waals surface area (Å²) in [5.41, 5.74) is 5.75. The topological polar surface area (TPSA) is 104 Å². The van der Waals surface area contributed by atoms with Crippen molar-refractivity contribution in [2.75, 3.05) is 13.1 Å². The maximum Gasteiger partial charge on any atom is 0.177 e. The standard InChI is InChI=1S/C27H22FN7OS/c28-25-2-1-24(37-25)27-18-11-22(33-20(18)5-8-31-27)26-19-10-21(32-14-23(19)34-35-26)15-9-17(13-30-12-15)36-16-3-6-29-7-4-16/h1-2,5,8-14,16,29,33H,3-4,6-7H2,(H,34,35). The molecule has 1 saturated heterocycles. The van der Waals surface area contributed by atoms with Crippen LogP contribution in [0.25, 0.3) is 55.0 Å². The second kappa shape index (κ2) is 9.06. The van der Waals surface area contributed by atoms with Crippen LogP contribution in [0.15, 0.2) is 61.2 Å². The van der Waals surface area contributed by atoms with Crippen LogP contribution in [0.4, 0.5) is 4.39 Å². The van der Waals surface area contributed by atoms with E-state index in [1.165, 1.54) is 6.07 Å². The van der Waals surface area contributed by atoms with E-state index in [2.05, 4.69) is 35.5 Å². The average Bonchev–Trinajstić information content (AvgIpc) is 3.66. The molecule has 0 amide bonds. The first-order valence-corrected chi connectivity index (χ1v) is 12.9. The van der Waals surface area contributed by atoms with Crippen LogP contribution < -0.4 is 10.1 Å². The van der Waals surface area contributed by atoms with E-state index in [0.717, 1.165) is 98.0 Å². The molecule has 1 fully saturated rings. The second-order valence-corrected chi connectivity index (χ2v) is 10.1. The first-order valence-electron chi connectivity index (χ1n) is 12.1. The lowest BCUT2D eigenvalue weighted by atomic mass is 10.1. The number of piperidine rings is 1. The van der Waals surface area contributed by atoms with Crippen molar-refractivity contribution in [3.05, 3.63) is 66.3 Å². The van der Waals surface area contributed by atoms with Gasteiger partial charge in [0.1, 0.15) is 17.5 Å². The lowest BCUT2D eigenvalue weighted by Gasteiger charge is -2.23. The molecule has 0 radical (unpaired) electrons. The van der Waals surface area contributed by atoms with E-state index in [1.807, 2.05) is 24.3 Å². The Morgan fingerprint density at radius 3 is 2.68 bits per heavy atom. The molecule has 7 heterocycles. The van der Waals surface area contributed by atoms with Crippen LogP contribution in [-0.4, -0.2) is 49.3 Å². The molecule has 10 heteroatoms. The number of ether oxygens (including phenoxy) is 1. The number of hydrogen-bond donors (Lipinski definition) is 3. The van der Waals surface area contributed by atoms with Crippen LogP contribution >= 0.6 is 11.3 Å². The van der Waals surface area contributed by atoms with Gasteiger partial charge >= 0.3 is 0 Å². The van der Waals surface area contributed by atoms with Crippen LogP contribution in [0.2, 0.25) is 0 Å². The van der Waals surface area contributed by atoms with Crippen LogP contribution in [-0.2, 0) is 0 Å². The second-order valence-electron chi connectivity index (χ2n) is 9.07. The lowest BCUT2D eigenvalue weighted by molar-refractivity contribution is 0.162. The molecule has 0 unspecified atom stereocenters. The number of H-pyrrole nitrogens is 2. The summed E-state index contributed by atoms with van der Waals surface area (Å²) < 4.78 is 19.9. The molecule has 1 aliphatic rings. The van der Waals surface area contributed by atoms with Crippen molar-refractivity contribution < 1.29 is 9.13 Å². The number of pyridine rings is 3. The predicted octanol–water partition coefficient (Wildman–Crippen LogP) is 5.56. The van der Waals surface area contributed by atoms with Crippen molar-refractivity contribution in [3.8, 4) is 39.0 Å². The first-order chi connectivity index (χ1) is 18.2. The van der Waals surface area contributed by atoms with Gasteiger partial charge in [0.25, 0.3) is 0 Å². The molecule has 3 N–H and O–H groups in total. The summed E-state index contributed by atoms with van der Waals surface area (Å²) in [5, 5.41) is 12.6. The normalized spacial score (nSPS) is 14.5. The Balaban J connectivity index is 1.26. The lowest BCUT2D eigenvalue weighted by Crippen LogP contribution is -2.34. The zero-order valence-electron chi connectivity index (χ0n) is 19.7. The fraction of sp³-hybridized carbons (Fsp3) is 0.185. The highest BCUT2D eigenvalue weighted by molar-refractivity contribution is 7.13. The number of halogens is 1. The van der Waals surface area contributed by atoms with E-state index in [-0.39, 0.29) is 11.2 Å². The van der Waals surface area contributed by atoms with Gasteiger partial charge in [0, 0.05) is 34.2 Å². The molecule has 8 nitrogen and oxygen atoms in total. The van der Waals surface area contributed by atoms with Crippen LogP contribution in [0.3, 0.4) is 0 Å². The van der Waals surface area contributed by atoms with E-state index in [0.29, 0.717) is 0 Å². The van der Waals surface area contributed by atoms with E-state index in [9.17, 15) is 4.39 Å². The predicted molar refractivity (Wildman–Crippen MR) is 142 cm³/mol. The molecule has 6 aromatic heterocycles. The summed E-state index contributed by atoms with van der Waals surface area (Å²) in [6, 6.07) is 11.1. The molecule has 0 saturated carbocycles. The highest BCUT2D eigenvalue weighted by Crippen LogP contribution is 2.36. The summed E-state index contributed by atoms with van der Waals surface area (Å²) in [6.07, 6.45) is 9.22. The zero-order chi connectivity index (χ0) is 24.8. The van der Waals surface area contributed by atoms with Crippen molar-refractivity contribution in [3.63, 3.8) is 0 Å². The summed E-state index contributed by atoms with van der Waals surface area (Å²) in [6.45, 7) is 1.93. The zero-order valence-corrected chi connectivity index (χ0v) is 20.5. The SMILES string of the molecule is Fc1ccc(-c2nccc3[nH]c(-c4n[nH]c5cnc(-c6cncc(OC7CCNCC7)c6)cc45)cc23)s1. The third-order valence-corrected chi connectivity index (χ3v) is 7.54. The molecular weight excluding hydrogens is 489 g/mol. The minimum absolute atomic E-state index is 0.196. The maximum absolute atomic E-state index is 13.7. The third-order valence-electron chi connectivity index (χ3n) is 6.65. The Hall–Kier alpha value is -4.15. The molecule has 0 bridgehead atoms. The van der Waals surface area contributed by atoms with Gasteiger partial charge in [-0.2, -0.15) is 9.49 Å². The highest BCUT2D eigenvalue weighted by Gasteiger charge is 2.18. The van der Waals surface area contributed by atoms with Gasteiger partial charge in [0.2, 0.25) is 0 Å². The monoisotopic (exact) mass is 511 g/mol. The Labute approximate surface area is 215 Å². The molecule has 1 aliphatic heterocycles. The van der Waals surface area contributed by atoms with E-state index in [4.69, 9.17) is 4.74 Å². The van der Waals surface area contributed by atoms with E-state index >= 15 is 0 Å². The van der Waals surface area contributed by atoms with Crippen molar-refractivity contribution in [2.24, 2.45) is 0 Å². The van der Waals surface area contributed by atoms with E-state index < -0.39 is 0 Å². The van der Waals surface area contributed by atoms with Gasteiger partial charge in [0.05, 0.1) is 39.9 Å². The van der Waals surface area contributed by atoms with Crippen molar-refractivity contribution in [1.29, 1.82) is 0 Å². The summed E-state index contributed by atoms with van der Waals surface area (Å²) in [7, 11) is 0. The number of rotatable bonds is 5. The number of hydrogen-bond acceptors (Lipinski definition) is 7. The van der Waals surface area contributed by atoms with Crippen molar-refractivity contribution in [1.82, 2.24) is 35.5 Å². The quantitative estimate of drug-likeness (QED) is 0.280. The number of thiophene rings is 1. The first kappa shape index (κ1) is 22.1. The van der Waals surface area contributed by atoms with Crippen LogP contribution in [0.1, 0.15) is 12.8 Å².